The minimum atomic E-state index is -0.334. The number of amides is 2. The molecule has 0 aromatic heterocycles. The molecule has 2 aromatic rings. The maximum Gasteiger partial charge on any atom is 0.259 e. The summed E-state index contributed by atoms with van der Waals surface area (Å²) in [7, 11) is 1.49. The molecule has 5 nitrogen and oxygen atoms in total. The predicted molar refractivity (Wildman–Crippen MR) is 91.8 cm³/mol. The zero-order valence-corrected chi connectivity index (χ0v) is 13.8. The Kier molecular flexibility index (Phi) is 4.45. The SMILES string of the molecule is COc1ccc(Cl)cc1C(=O)Nc1ccc2c(c1)NC(=O)CS2. The first-order valence-corrected chi connectivity index (χ1v) is 8.15. The van der Waals surface area contributed by atoms with Crippen molar-refractivity contribution in [2.75, 3.05) is 23.5 Å². The molecule has 2 aromatic carbocycles. The molecule has 0 bridgehead atoms. The molecule has 1 aliphatic heterocycles. The quantitative estimate of drug-likeness (QED) is 0.888. The van der Waals surface area contributed by atoms with Gasteiger partial charge in [-0.1, -0.05) is 11.6 Å². The van der Waals surface area contributed by atoms with E-state index in [-0.39, 0.29) is 11.8 Å². The van der Waals surface area contributed by atoms with Gasteiger partial charge in [-0.2, -0.15) is 0 Å². The summed E-state index contributed by atoms with van der Waals surface area (Å²) >= 11 is 7.41. The van der Waals surface area contributed by atoms with Crippen LogP contribution in [0.25, 0.3) is 0 Å². The van der Waals surface area contributed by atoms with E-state index in [2.05, 4.69) is 10.6 Å². The van der Waals surface area contributed by atoms with Crippen molar-refractivity contribution in [1.82, 2.24) is 0 Å². The molecule has 0 saturated carbocycles. The number of fused-ring (bicyclic) bond motifs is 1. The van der Waals surface area contributed by atoms with E-state index in [1.165, 1.54) is 18.9 Å². The number of hydrogen-bond donors (Lipinski definition) is 2. The molecule has 3 rings (SSSR count). The Bertz CT molecular complexity index is 795. The molecule has 0 fully saturated rings. The van der Waals surface area contributed by atoms with E-state index in [0.717, 1.165) is 4.90 Å². The minimum absolute atomic E-state index is 0.0533. The van der Waals surface area contributed by atoms with Gasteiger partial charge < -0.3 is 15.4 Å². The van der Waals surface area contributed by atoms with Gasteiger partial charge in [0, 0.05) is 15.6 Å². The third kappa shape index (κ3) is 3.43. The molecule has 0 radical (unpaired) electrons. The first-order valence-electron chi connectivity index (χ1n) is 6.78. The van der Waals surface area contributed by atoms with Gasteiger partial charge in [0.25, 0.3) is 5.91 Å². The number of carbonyl (C=O) groups excluding carboxylic acids is 2. The molecule has 1 heterocycles. The molecule has 23 heavy (non-hydrogen) atoms. The summed E-state index contributed by atoms with van der Waals surface area (Å²) in [6.07, 6.45) is 0. The van der Waals surface area contributed by atoms with E-state index >= 15 is 0 Å². The van der Waals surface area contributed by atoms with Gasteiger partial charge in [0.2, 0.25) is 5.91 Å². The number of hydrogen-bond acceptors (Lipinski definition) is 4. The predicted octanol–water partition coefficient (Wildman–Crippen LogP) is 3.65. The molecule has 1 aliphatic rings. The lowest BCUT2D eigenvalue weighted by molar-refractivity contribution is -0.113. The first kappa shape index (κ1) is 15.7. The van der Waals surface area contributed by atoms with Crippen LogP contribution in [-0.4, -0.2) is 24.7 Å². The van der Waals surface area contributed by atoms with E-state index in [1.807, 2.05) is 6.07 Å². The zero-order valence-electron chi connectivity index (χ0n) is 12.2. The number of halogens is 1. The van der Waals surface area contributed by atoms with Crippen molar-refractivity contribution in [3.8, 4) is 5.75 Å². The van der Waals surface area contributed by atoms with Crippen molar-refractivity contribution in [2.45, 2.75) is 4.90 Å². The average molecular weight is 349 g/mol. The van der Waals surface area contributed by atoms with E-state index in [0.29, 0.717) is 33.5 Å². The van der Waals surface area contributed by atoms with Crippen molar-refractivity contribution in [1.29, 1.82) is 0 Å². The van der Waals surface area contributed by atoms with Crippen molar-refractivity contribution >= 4 is 46.6 Å². The number of thioether (sulfide) groups is 1. The van der Waals surface area contributed by atoms with Crippen LogP contribution in [0.5, 0.6) is 5.75 Å². The molecule has 7 heteroatoms. The smallest absolute Gasteiger partial charge is 0.259 e. The summed E-state index contributed by atoms with van der Waals surface area (Å²) in [4.78, 5) is 24.9. The Hall–Kier alpha value is -2.18. The highest BCUT2D eigenvalue weighted by molar-refractivity contribution is 8.00. The van der Waals surface area contributed by atoms with Gasteiger partial charge in [-0.05, 0) is 36.4 Å². The Morgan fingerprint density at radius 3 is 2.91 bits per heavy atom. The molecule has 0 saturated heterocycles. The summed E-state index contributed by atoms with van der Waals surface area (Å²) in [6, 6.07) is 10.2. The molecule has 0 unspecified atom stereocenters. The molecular weight excluding hydrogens is 336 g/mol. The highest BCUT2D eigenvalue weighted by Crippen LogP contribution is 2.33. The van der Waals surface area contributed by atoms with Gasteiger partial charge in [0.05, 0.1) is 24.1 Å². The Balaban J connectivity index is 1.85. The third-order valence-corrected chi connectivity index (χ3v) is 4.59. The minimum Gasteiger partial charge on any atom is -0.496 e. The monoisotopic (exact) mass is 348 g/mol. The molecule has 0 aliphatic carbocycles. The number of carbonyl (C=O) groups is 2. The lowest BCUT2D eigenvalue weighted by atomic mass is 10.1. The molecule has 0 atom stereocenters. The second kappa shape index (κ2) is 6.52. The van der Waals surface area contributed by atoms with Crippen molar-refractivity contribution in [3.63, 3.8) is 0 Å². The summed E-state index contributed by atoms with van der Waals surface area (Å²) < 4.78 is 5.18. The van der Waals surface area contributed by atoms with Crippen molar-refractivity contribution < 1.29 is 14.3 Å². The Morgan fingerprint density at radius 2 is 2.13 bits per heavy atom. The van der Waals surface area contributed by atoms with E-state index < -0.39 is 0 Å². The lowest BCUT2D eigenvalue weighted by Gasteiger charge is -2.17. The van der Waals surface area contributed by atoms with E-state index in [1.54, 1.807) is 30.3 Å². The maximum absolute atomic E-state index is 12.4. The van der Waals surface area contributed by atoms with Crippen molar-refractivity contribution in [2.24, 2.45) is 0 Å². The summed E-state index contributed by atoms with van der Waals surface area (Å²) in [5, 5.41) is 6.02. The molecule has 2 amide bonds. The second-order valence-corrected chi connectivity index (χ2v) is 6.30. The topological polar surface area (TPSA) is 67.4 Å². The third-order valence-electron chi connectivity index (χ3n) is 3.28. The Labute approximate surface area is 142 Å². The van der Waals surface area contributed by atoms with Gasteiger partial charge in [-0.15, -0.1) is 11.8 Å². The molecule has 118 valence electrons. The van der Waals surface area contributed by atoms with Crippen LogP contribution in [0, 0.1) is 0 Å². The van der Waals surface area contributed by atoms with Crippen LogP contribution in [0.15, 0.2) is 41.3 Å². The average Bonchev–Trinajstić information content (AvgIpc) is 2.54. The van der Waals surface area contributed by atoms with Crippen LogP contribution in [-0.2, 0) is 4.79 Å². The normalized spacial score (nSPS) is 13.0. The fourth-order valence-electron chi connectivity index (χ4n) is 2.22. The van der Waals surface area contributed by atoms with Crippen LogP contribution >= 0.6 is 23.4 Å². The van der Waals surface area contributed by atoms with Gasteiger partial charge >= 0.3 is 0 Å². The van der Waals surface area contributed by atoms with Gasteiger partial charge in [0.1, 0.15) is 5.75 Å². The number of rotatable bonds is 3. The lowest BCUT2D eigenvalue weighted by Crippen LogP contribution is -2.19. The van der Waals surface area contributed by atoms with Crippen LogP contribution < -0.4 is 15.4 Å². The van der Waals surface area contributed by atoms with Gasteiger partial charge in [-0.3, -0.25) is 9.59 Å². The molecule has 2 N–H and O–H groups in total. The number of anilines is 2. The molecule has 0 spiro atoms. The zero-order chi connectivity index (χ0) is 16.4. The molecular formula is C16H13ClN2O3S. The fourth-order valence-corrected chi connectivity index (χ4v) is 3.18. The van der Waals surface area contributed by atoms with Crippen molar-refractivity contribution in [3.05, 3.63) is 47.0 Å². The number of benzene rings is 2. The van der Waals surface area contributed by atoms with E-state index in [9.17, 15) is 9.59 Å². The van der Waals surface area contributed by atoms with Gasteiger partial charge in [0.15, 0.2) is 0 Å². The fraction of sp³-hybridized carbons (Fsp3) is 0.125. The number of ether oxygens (including phenoxy) is 1. The van der Waals surface area contributed by atoms with Crippen LogP contribution in [0.3, 0.4) is 0 Å². The van der Waals surface area contributed by atoms with Crippen LogP contribution in [0.4, 0.5) is 11.4 Å². The summed E-state index contributed by atoms with van der Waals surface area (Å²) in [5.74, 6) is 0.452. The summed E-state index contributed by atoms with van der Waals surface area (Å²) in [5.41, 5.74) is 1.62. The number of methoxy groups -OCH3 is 1. The van der Waals surface area contributed by atoms with E-state index in [4.69, 9.17) is 16.3 Å². The highest BCUT2D eigenvalue weighted by Gasteiger charge is 2.17. The van der Waals surface area contributed by atoms with Crippen LogP contribution in [0.2, 0.25) is 5.02 Å². The first-order chi connectivity index (χ1) is 11.1. The maximum atomic E-state index is 12.4. The second-order valence-electron chi connectivity index (χ2n) is 4.85. The highest BCUT2D eigenvalue weighted by atomic mass is 35.5. The summed E-state index contributed by atoms with van der Waals surface area (Å²) in [6.45, 7) is 0. The van der Waals surface area contributed by atoms with Crippen LogP contribution in [0.1, 0.15) is 10.4 Å². The largest absolute Gasteiger partial charge is 0.496 e. The van der Waals surface area contributed by atoms with Gasteiger partial charge in [-0.25, -0.2) is 0 Å². The standard InChI is InChI=1S/C16H13ClN2O3S/c1-22-13-4-2-9(17)6-11(13)16(21)18-10-3-5-14-12(7-10)19-15(20)8-23-14/h2-7H,8H2,1H3,(H,18,21)(H,19,20). The Morgan fingerprint density at radius 1 is 1.30 bits per heavy atom. The number of nitrogens with one attached hydrogen (secondary N) is 2.